The third-order valence-electron chi connectivity index (χ3n) is 3.70. The lowest BCUT2D eigenvalue weighted by Crippen LogP contribution is -2.52. The zero-order chi connectivity index (χ0) is 12.9. The first-order valence-corrected chi connectivity index (χ1v) is 6.35. The smallest absolute Gasteiger partial charge is 0.241 e. The molecule has 5 heteroatoms. The monoisotopic (exact) mass is 241 g/mol. The minimum absolute atomic E-state index is 0.0326. The van der Waals surface area contributed by atoms with Gasteiger partial charge in [0.05, 0.1) is 12.0 Å². The Morgan fingerprint density at radius 1 is 1.29 bits per heavy atom. The first-order valence-electron chi connectivity index (χ1n) is 6.35. The van der Waals surface area contributed by atoms with Crippen molar-refractivity contribution in [1.82, 2.24) is 10.2 Å². The van der Waals surface area contributed by atoms with E-state index in [-0.39, 0.29) is 18.4 Å². The number of nitrogens with two attached hydrogens (primary N) is 1. The molecule has 0 unspecified atom stereocenters. The molecule has 1 aliphatic carbocycles. The van der Waals surface area contributed by atoms with Crippen LogP contribution in [0.3, 0.4) is 0 Å². The van der Waals surface area contributed by atoms with Crippen molar-refractivity contribution in [2.24, 2.45) is 11.1 Å². The van der Waals surface area contributed by atoms with Crippen LogP contribution in [0.2, 0.25) is 0 Å². The lowest BCUT2D eigenvalue weighted by atomic mass is 9.68. The normalized spacial score (nSPS) is 17.1. The van der Waals surface area contributed by atoms with Crippen molar-refractivity contribution in [2.75, 3.05) is 26.2 Å². The Kier molecular flexibility index (Phi) is 4.93. The molecule has 0 aliphatic heterocycles. The number of nitrogens with zero attached hydrogens (tertiary/aromatic N) is 1. The molecule has 1 saturated carbocycles. The van der Waals surface area contributed by atoms with Crippen LogP contribution in [0.5, 0.6) is 0 Å². The Morgan fingerprint density at radius 3 is 2.24 bits per heavy atom. The van der Waals surface area contributed by atoms with E-state index in [0.717, 1.165) is 19.3 Å². The number of rotatable bonds is 6. The summed E-state index contributed by atoms with van der Waals surface area (Å²) in [6.07, 6.45) is 2.73. The SMILES string of the molecule is CCN(CC)C(=O)CNC(=O)C1(CN)CCC1. The zero-order valence-electron chi connectivity index (χ0n) is 10.8. The second kappa shape index (κ2) is 6.00. The van der Waals surface area contributed by atoms with E-state index in [2.05, 4.69) is 5.32 Å². The highest BCUT2D eigenvalue weighted by Crippen LogP contribution is 2.39. The summed E-state index contributed by atoms with van der Waals surface area (Å²) < 4.78 is 0. The van der Waals surface area contributed by atoms with E-state index >= 15 is 0 Å². The summed E-state index contributed by atoms with van der Waals surface area (Å²) in [5, 5.41) is 2.72. The van der Waals surface area contributed by atoms with Gasteiger partial charge in [-0.25, -0.2) is 0 Å². The van der Waals surface area contributed by atoms with Crippen LogP contribution in [0, 0.1) is 5.41 Å². The van der Waals surface area contributed by atoms with Crippen LogP contribution in [-0.2, 0) is 9.59 Å². The lowest BCUT2D eigenvalue weighted by Gasteiger charge is -2.39. The number of nitrogens with one attached hydrogen (secondary N) is 1. The molecule has 1 fully saturated rings. The molecule has 0 radical (unpaired) electrons. The fourth-order valence-electron chi connectivity index (χ4n) is 2.16. The molecule has 0 spiro atoms. The molecule has 1 aliphatic rings. The van der Waals surface area contributed by atoms with Gasteiger partial charge in [-0.3, -0.25) is 9.59 Å². The Labute approximate surface area is 103 Å². The van der Waals surface area contributed by atoms with Crippen LogP contribution in [0.15, 0.2) is 0 Å². The van der Waals surface area contributed by atoms with E-state index in [1.807, 2.05) is 13.8 Å². The van der Waals surface area contributed by atoms with Gasteiger partial charge < -0.3 is 16.0 Å². The van der Waals surface area contributed by atoms with Crippen molar-refractivity contribution in [1.29, 1.82) is 0 Å². The van der Waals surface area contributed by atoms with Crippen LogP contribution < -0.4 is 11.1 Å². The van der Waals surface area contributed by atoms with Crippen molar-refractivity contribution in [2.45, 2.75) is 33.1 Å². The molecule has 0 atom stereocenters. The van der Waals surface area contributed by atoms with E-state index in [4.69, 9.17) is 5.73 Å². The summed E-state index contributed by atoms with van der Waals surface area (Å²) in [7, 11) is 0. The number of carbonyl (C=O) groups is 2. The lowest BCUT2D eigenvalue weighted by molar-refractivity contribution is -0.139. The van der Waals surface area contributed by atoms with Crippen LogP contribution in [-0.4, -0.2) is 42.9 Å². The highest BCUT2D eigenvalue weighted by molar-refractivity contribution is 5.88. The third kappa shape index (κ3) is 2.97. The Morgan fingerprint density at radius 2 is 1.88 bits per heavy atom. The van der Waals surface area contributed by atoms with Gasteiger partial charge >= 0.3 is 0 Å². The number of hydrogen-bond acceptors (Lipinski definition) is 3. The molecular formula is C12H23N3O2. The summed E-state index contributed by atoms with van der Waals surface area (Å²) >= 11 is 0. The topological polar surface area (TPSA) is 75.4 Å². The zero-order valence-corrected chi connectivity index (χ0v) is 10.8. The van der Waals surface area contributed by atoms with E-state index in [1.165, 1.54) is 0 Å². The summed E-state index contributed by atoms with van der Waals surface area (Å²) in [6, 6.07) is 0. The van der Waals surface area contributed by atoms with Crippen molar-refractivity contribution in [3.05, 3.63) is 0 Å². The van der Waals surface area contributed by atoms with Crippen LogP contribution in [0.25, 0.3) is 0 Å². The maximum Gasteiger partial charge on any atom is 0.241 e. The summed E-state index contributed by atoms with van der Waals surface area (Å²) in [6.45, 7) is 5.66. The first kappa shape index (κ1) is 14.0. The predicted molar refractivity (Wildman–Crippen MR) is 66.3 cm³/mol. The molecule has 5 nitrogen and oxygen atoms in total. The Hall–Kier alpha value is -1.10. The maximum atomic E-state index is 11.9. The van der Waals surface area contributed by atoms with E-state index in [9.17, 15) is 9.59 Å². The van der Waals surface area contributed by atoms with Gasteiger partial charge in [-0.2, -0.15) is 0 Å². The molecule has 0 aromatic carbocycles. The van der Waals surface area contributed by atoms with Gasteiger partial charge in [0, 0.05) is 19.6 Å². The second-order valence-electron chi connectivity index (χ2n) is 4.59. The maximum absolute atomic E-state index is 11.9. The van der Waals surface area contributed by atoms with E-state index in [0.29, 0.717) is 19.6 Å². The second-order valence-corrected chi connectivity index (χ2v) is 4.59. The molecule has 0 bridgehead atoms. The van der Waals surface area contributed by atoms with E-state index < -0.39 is 5.41 Å². The molecule has 17 heavy (non-hydrogen) atoms. The average Bonchev–Trinajstić information content (AvgIpc) is 2.27. The van der Waals surface area contributed by atoms with Crippen LogP contribution >= 0.6 is 0 Å². The minimum atomic E-state index is -0.399. The van der Waals surface area contributed by atoms with Gasteiger partial charge in [0.1, 0.15) is 0 Å². The highest BCUT2D eigenvalue weighted by Gasteiger charge is 2.42. The first-order chi connectivity index (χ1) is 8.09. The van der Waals surface area contributed by atoms with Gasteiger partial charge in [0.15, 0.2) is 0 Å². The minimum Gasteiger partial charge on any atom is -0.347 e. The van der Waals surface area contributed by atoms with Crippen molar-refractivity contribution < 1.29 is 9.59 Å². The van der Waals surface area contributed by atoms with Gasteiger partial charge in [0.2, 0.25) is 11.8 Å². The van der Waals surface area contributed by atoms with Crippen molar-refractivity contribution in [3.63, 3.8) is 0 Å². The largest absolute Gasteiger partial charge is 0.347 e. The molecule has 98 valence electrons. The average molecular weight is 241 g/mol. The molecule has 0 heterocycles. The molecule has 0 aromatic heterocycles. The quantitative estimate of drug-likeness (QED) is 0.692. The van der Waals surface area contributed by atoms with Crippen LogP contribution in [0.4, 0.5) is 0 Å². The van der Waals surface area contributed by atoms with Gasteiger partial charge in [-0.15, -0.1) is 0 Å². The third-order valence-corrected chi connectivity index (χ3v) is 3.70. The Balaban J connectivity index is 2.40. The molecule has 1 rings (SSSR count). The van der Waals surface area contributed by atoms with Crippen molar-refractivity contribution in [3.8, 4) is 0 Å². The van der Waals surface area contributed by atoms with Gasteiger partial charge in [-0.05, 0) is 26.7 Å². The summed E-state index contributed by atoms with van der Waals surface area (Å²) in [5.74, 6) is -0.0957. The fraction of sp³-hybridized carbons (Fsp3) is 0.833. The molecular weight excluding hydrogens is 218 g/mol. The number of likely N-dealkylation sites (N-methyl/N-ethyl adjacent to an activating group) is 1. The molecule has 2 amide bonds. The predicted octanol–water partition coefficient (Wildman–Crippen LogP) is 0.100. The highest BCUT2D eigenvalue weighted by atomic mass is 16.2. The van der Waals surface area contributed by atoms with E-state index in [1.54, 1.807) is 4.90 Å². The number of carbonyl (C=O) groups excluding carboxylic acids is 2. The molecule has 3 N–H and O–H groups in total. The molecule has 0 saturated heterocycles. The fourth-order valence-corrected chi connectivity index (χ4v) is 2.16. The van der Waals surface area contributed by atoms with Gasteiger partial charge in [0.25, 0.3) is 0 Å². The summed E-state index contributed by atoms with van der Waals surface area (Å²) in [4.78, 5) is 25.3. The van der Waals surface area contributed by atoms with Crippen LogP contribution in [0.1, 0.15) is 33.1 Å². The van der Waals surface area contributed by atoms with Gasteiger partial charge in [-0.1, -0.05) is 6.42 Å². The Bertz CT molecular complexity index is 278. The van der Waals surface area contributed by atoms with Crippen molar-refractivity contribution >= 4 is 11.8 Å². The number of amides is 2. The standard InChI is InChI=1S/C12H23N3O2/c1-3-15(4-2)10(16)8-14-11(17)12(9-13)6-5-7-12/h3-9,13H2,1-2H3,(H,14,17). The number of hydrogen-bond donors (Lipinski definition) is 2. The summed E-state index contributed by atoms with van der Waals surface area (Å²) in [5.41, 5.74) is 5.23. The molecule has 0 aromatic rings.